The molecule has 0 saturated carbocycles. The molecule has 3 atom stereocenters. The average Bonchev–Trinajstić information content (AvgIpc) is 3.34. The number of hydrogen-bond acceptors (Lipinski definition) is 8. The minimum atomic E-state index is -4.51. The van der Waals surface area contributed by atoms with Crippen molar-refractivity contribution >= 4 is 33.3 Å². The van der Waals surface area contributed by atoms with Gasteiger partial charge in [-0.05, 0) is 63.2 Å². The Kier molecular flexibility index (Phi) is 10.3. The molecule has 0 saturated heterocycles. The fraction of sp³-hybridized carbons (Fsp3) is 0.433. The van der Waals surface area contributed by atoms with Gasteiger partial charge in [-0.3, -0.25) is 4.79 Å². The van der Waals surface area contributed by atoms with E-state index in [1.165, 1.54) is 37.9 Å². The number of urea groups is 1. The zero-order valence-electron chi connectivity index (χ0n) is 25.9. The van der Waals surface area contributed by atoms with Gasteiger partial charge in [-0.25, -0.2) is 13.2 Å². The largest absolute Gasteiger partial charge is 0.488 e. The maximum atomic E-state index is 13.5. The number of carbonyl (C=O) groups excluding carboxylic acids is 2. The molecule has 1 aliphatic heterocycles. The van der Waals surface area contributed by atoms with E-state index in [-0.39, 0.29) is 59.7 Å². The third kappa shape index (κ3) is 7.79. The predicted octanol–water partition coefficient (Wildman–Crippen LogP) is 4.42. The number of fused-ring (bicyclic) bond motifs is 1. The monoisotopic (exact) mass is 667 g/mol. The number of nitrogens with one attached hydrogen (secondary N) is 2. The van der Waals surface area contributed by atoms with E-state index < -0.39 is 45.9 Å². The molecule has 0 aliphatic carbocycles. The summed E-state index contributed by atoms with van der Waals surface area (Å²) >= 11 is 0. The lowest BCUT2D eigenvalue weighted by Gasteiger charge is -2.33. The molecule has 1 aromatic heterocycles. The summed E-state index contributed by atoms with van der Waals surface area (Å²) in [6.45, 7) is 6.31. The first kappa shape index (κ1) is 34.7. The SMILES string of the molecule is Cc1noc(C)c1S(=O)(=O)N(C)C[C@H]1Oc2ccc(NC(=O)Nc3ccc(C(F)(F)F)cc3)cc2CC(=O)N([C@@H](C)CO)C[C@@H]1C. The van der Waals surface area contributed by atoms with Gasteiger partial charge in [-0.2, -0.15) is 17.5 Å². The number of amides is 3. The molecular formula is C30H36F3N5O7S. The number of rotatable bonds is 8. The van der Waals surface area contributed by atoms with E-state index >= 15 is 0 Å². The summed E-state index contributed by atoms with van der Waals surface area (Å²) in [5, 5.41) is 18.7. The summed E-state index contributed by atoms with van der Waals surface area (Å²) in [7, 11) is -2.61. The Balaban J connectivity index is 1.60. The van der Waals surface area contributed by atoms with Crippen LogP contribution in [0, 0.1) is 19.8 Å². The third-order valence-electron chi connectivity index (χ3n) is 7.72. The summed E-state index contributed by atoms with van der Waals surface area (Å²) < 4.78 is 78.1. The maximum absolute atomic E-state index is 13.5. The summed E-state index contributed by atoms with van der Waals surface area (Å²) in [4.78, 5) is 27.6. The first-order valence-corrected chi connectivity index (χ1v) is 15.8. The number of ether oxygens (including phenoxy) is 1. The molecule has 0 spiro atoms. The van der Waals surface area contributed by atoms with E-state index in [1.54, 1.807) is 13.0 Å². The minimum Gasteiger partial charge on any atom is -0.488 e. The summed E-state index contributed by atoms with van der Waals surface area (Å²) in [6, 6.07) is 7.26. The number of aromatic nitrogens is 1. The van der Waals surface area contributed by atoms with Crippen molar-refractivity contribution in [1.29, 1.82) is 0 Å². The summed E-state index contributed by atoms with van der Waals surface area (Å²) in [6.07, 6.45) is -5.41. The van der Waals surface area contributed by atoms with Crippen LogP contribution in [0.15, 0.2) is 51.9 Å². The predicted molar refractivity (Wildman–Crippen MR) is 162 cm³/mol. The number of benzene rings is 2. The molecule has 1 aliphatic rings. The van der Waals surface area contributed by atoms with Gasteiger partial charge in [-0.1, -0.05) is 12.1 Å². The third-order valence-corrected chi connectivity index (χ3v) is 9.79. The molecule has 3 aromatic rings. The summed E-state index contributed by atoms with van der Waals surface area (Å²) in [5.41, 5.74) is 0.151. The van der Waals surface area contributed by atoms with E-state index in [2.05, 4.69) is 15.8 Å². The number of nitrogens with zero attached hydrogens (tertiary/aromatic N) is 3. The first-order valence-electron chi connectivity index (χ1n) is 14.4. The molecule has 0 radical (unpaired) electrons. The Labute approximate surface area is 264 Å². The summed E-state index contributed by atoms with van der Waals surface area (Å²) in [5.74, 6) is -0.268. The lowest BCUT2D eigenvalue weighted by atomic mass is 10.0. The van der Waals surface area contributed by atoms with Gasteiger partial charge < -0.3 is 29.9 Å². The van der Waals surface area contributed by atoms with E-state index in [0.717, 1.165) is 28.6 Å². The van der Waals surface area contributed by atoms with E-state index in [0.29, 0.717) is 11.3 Å². The van der Waals surface area contributed by atoms with Crippen molar-refractivity contribution in [3.8, 4) is 5.75 Å². The fourth-order valence-electron chi connectivity index (χ4n) is 5.11. The van der Waals surface area contributed by atoms with Crippen molar-refractivity contribution in [3.05, 3.63) is 65.0 Å². The highest BCUT2D eigenvalue weighted by molar-refractivity contribution is 7.89. The molecule has 250 valence electrons. The highest BCUT2D eigenvalue weighted by atomic mass is 32.2. The standard InChI is InChI=1S/C30H36F3N5O7S/c1-17-14-38(18(2)16-39)27(40)13-21-12-24(35-29(41)34-23-8-6-22(7-9-23)30(31,32)33)10-11-25(21)44-26(17)15-37(5)46(42,43)28-19(3)36-45-20(28)4/h6-12,17-18,26,39H,13-16H2,1-5H3,(H2,34,35,41)/t17-,18-,26+/m0/s1. The maximum Gasteiger partial charge on any atom is 0.416 e. The molecule has 0 bridgehead atoms. The van der Waals surface area contributed by atoms with E-state index in [1.807, 2.05) is 6.92 Å². The normalized spacial score (nSPS) is 18.2. The second kappa shape index (κ2) is 13.7. The molecule has 0 unspecified atom stereocenters. The van der Waals surface area contributed by atoms with Gasteiger partial charge in [0.05, 0.1) is 31.2 Å². The average molecular weight is 668 g/mol. The highest BCUT2D eigenvalue weighted by Gasteiger charge is 2.35. The van der Waals surface area contributed by atoms with Gasteiger partial charge in [0, 0.05) is 36.4 Å². The molecule has 3 N–H and O–H groups in total. The lowest BCUT2D eigenvalue weighted by Crippen LogP contribution is -2.48. The number of hydrogen-bond donors (Lipinski definition) is 3. The van der Waals surface area contributed by atoms with Crippen LogP contribution in [0.2, 0.25) is 0 Å². The van der Waals surface area contributed by atoms with Crippen molar-refractivity contribution in [1.82, 2.24) is 14.4 Å². The van der Waals surface area contributed by atoms with Crippen LogP contribution in [0.1, 0.15) is 36.4 Å². The molecule has 0 fully saturated rings. The lowest BCUT2D eigenvalue weighted by molar-refractivity contribution is -0.137. The van der Waals surface area contributed by atoms with Gasteiger partial charge in [0.2, 0.25) is 15.9 Å². The number of alkyl halides is 3. The molecular weight excluding hydrogens is 631 g/mol. The molecule has 46 heavy (non-hydrogen) atoms. The van der Waals surface area contributed by atoms with Crippen LogP contribution in [0.4, 0.5) is 29.3 Å². The van der Waals surface area contributed by atoms with Crippen molar-refractivity contribution < 1.29 is 45.5 Å². The van der Waals surface area contributed by atoms with E-state index in [9.17, 15) is 36.3 Å². The molecule has 2 heterocycles. The zero-order valence-corrected chi connectivity index (χ0v) is 26.7. The van der Waals surface area contributed by atoms with Gasteiger partial charge in [0.25, 0.3) is 0 Å². The van der Waals surface area contributed by atoms with Crippen molar-refractivity contribution in [3.63, 3.8) is 0 Å². The smallest absolute Gasteiger partial charge is 0.416 e. The van der Waals surface area contributed by atoms with Crippen molar-refractivity contribution in [2.75, 3.05) is 37.4 Å². The Bertz CT molecular complexity index is 1660. The number of sulfonamides is 1. The van der Waals surface area contributed by atoms with Crippen molar-refractivity contribution in [2.45, 2.75) is 57.3 Å². The Morgan fingerprint density at radius 1 is 1.15 bits per heavy atom. The molecule has 2 aromatic carbocycles. The fourth-order valence-corrected chi connectivity index (χ4v) is 6.58. The van der Waals surface area contributed by atoms with Crippen molar-refractivity contribution in [2.24, 2.45) is 5.92 Å². The van der Waals surface area contributed by atoms with Gasteiger partial charge in [-0.15, -0.1) is 0 Å². The van der Waals surface area contributed by atoms with Crippen LogP contribution >= 0.6 is 0 Å². The van der Waals surface area contributed by atoms with E-state index in [4.69, 9.17) is 9.26 Å². The second-order valence-electron chi connectivity index (χ2n) is 11.3. The second-order valence-corrected chi connectivity index (χ2v) is 13.3. The first-order chi connectivity index (χ1) is 21.5. The van der Waals surface area contributed by atoms with Gasteiger partial charge >= 0.3 is 12.2 Å². The van der Waals surface area contributed by atoms with Crippen LogP contribution in [0.5, 0.6) is 5.75 Å². The van der Waals surface area contributed by atoms with Crippen LogP contribution in [-0.4, -0.2) is 78.7 Å². The Morgan fingerprint density at radius 2 is 1.78 bits per heavy atom. The van der Waals surface area contributed by atoms with Crippen LogP contribution in [0.25, 0.3) is 0 Å². The number of aliphatic hydroxyl groups excluding tert-OH is 1. The minimum absolute atomic E-state index is 0.0397. The topological polar surface area (TPSA) is 154 Å². The quantitative estimate of drug-likeness (QED) is 0.319. The molecule has 4 rings (SSSR count). The van der Waals surface area contributed by atoms with Crippen LogP contribution in [0.3, 0.4) is 0 Å². The number of aliphatic hydroxyl groups is 1. The number of carbonyl (C=O) groups is 2. The number of anilines is 2. The number of likely N-dealkylation sites (N-methyl/N-ethyl adjacent to an activating group) is 1. The van der Waals surface area contributed by atoms with Gasteiger partial charge in [0.15, 0.2) is 5.76 Å². The Morgan fingerprint density at radius 3 is 2.37 bits per heavy atom. The molecule has 12 nitrogen and oxygen atoms in total. The number of aryl methyl sites for hydroxylation is 2. The zero-order chi connectivity index (χ0) is 34.0. The number of halogens is 3. The Hall–Kier alpha value is -4.15. The van der Waals surface area contributed by atoms with Crippen LogP contribution in [-0.2, 0) is 27.4 Å². The molecule has 3 amide bonds. The highest BCUT2D eigenvalue weighted by Crippen LogP contribution is 2.32. The molecule has 16 heteroatoms. The van der Waals surface area contributed by atoms with Crippen LogP contribution < -0.4 is 15.4 Å². The van der Waals surface area contributed by atoms with Gasteiger partial charge in [0.1, 0.15) is 22.4 Å².